The molecule has 0 bridgehead atoms. The van der Waals surface area contributed by atoms with Gasteiger partial charge in [0, 0.05) is 25.2 Å². The van der Waals surface area contributed by atoms with Crippen molar-refractivity contribution in [2.24, 2.45) is 16.6 Å². The molecule has 0 unspecified atom stereocenters. The molecular formula is C17H27IN4O. The lowest BCUT2D eigenvalue weighted by Gasteiger charge is -2.33. The maximum Gasteiger partial charge on any atom is 0.248 e. The molecule has 1 amide bonds. The Balaban J connectivity index is 0.00000264. The minimum atomic E-state index is -0.400. The van der Waals surface area contributed by atoms with Gasteiger partial charge in [-0.2, -0.15) is 0 Å². The Labute approximate surface area is 155 Å². The monoisotopic (exact) mass is 430 g/mol. The number of nitrogens with zero attached hydrogens (tertiary/aromatic N) is 2. The second-order valence-electron chi connectivity index (χ2n) is 5.90. The van der Waals surface area contributed by atoms with Crippen LogP contribution in [0.15, 0.2) is 29.3 Å². The number of carbonyl (C=O) groups excluding carboxylic acids is 1. The van der Waals surface area contributed by atoms with Gasteiger partial charge in [-0.15, -0.1) is 24.0 Å². The number of hydrogen-bond donors (Lipinski definition) is 2. The zero-order chi connectivity index (χ0) is 15.9. The van der Waals surface area contributed by atoms with Gasteiger partial charge in [0.15, 0.2) is 5.96 Å². The first-order chi connectivity index (χ1) is 10.6. The number of likely N-dealkylation sites (tertiary alicyclic amines) is 1. The Bertz CT molecular complexity index is 539. The van der Waals surface area contributed by atoms with E-state index < -0.39 is 5.91 Å². The predicted octanol–water partition coefficient (Wildman–Crippen LogP) is 2.60. The molecule has 1 aromatic rings. The van der Waals surface area contributed by atoms with Crippen LogP contribution in [0.5, 0.6) is 0 Å². The maximum absolute atomic E-state index is 11.2. The summed E-state index contributed by atoms with van der Waals surface area (Å²) >= 11 is 0. The van der Waals surface area contributed by atoms with E-state index in [-0.39, 0.29) is 24.0 Å². The Morgan fingerprint density at radius 2 is 2.09 bits per heavy atom. The highest BCUT2D eigenvalue weighted by atomic mass is 127. The number of hydrogen-bond acceptors (Lipinski definition) is 2. The van der Waals surface area contributed by atoms with Crippen molar-refractivity contribution in [3.63, 3.8) is 0 Å². The third-order valence-electron chi connectivity index (χ3n) is 4.04. The van der Waals surface area contributed by atoms with Gasteiger partial charge in [0.05, 0.1) is 6.54 Å². The fourth-order valence-corrected chi connectivity index (χ4v) is 2.64. The van der Waals surface area contributed by atoms with Crippen LogP contribution in [-0.4, -0.2) is 36.4 Å². The molecule has 0 radical (unpaired) electrons. The summed E-state index contributed by atoms with van der Waals surface area (Å²) in [5.74, 6) is 1.35. The molecule has 2 rings (SSSR count). The van der Waals surface area contributed by atoms with E-state index in [0.717, 1.165) is 37.1 Å². The van der Waals surface area contributed by atoms with Crippen molar-refractivity contribution in [2.45, 2.75) is 33.2 Å². The second-order valence-corrected chi connectivity index (χ2v) is 5.90. The van der Waals surface area contributed by atoms with Crippen LogP contribution in [0.25, 0.3) is 0 Å². The molecule has 0 aliphatic carbocycles. The van der Waals surface area contributed by atoms with Gasteiger partial charge < -0.3 is 16.0 Å². The van der Waals surface area contributed by atoms with E-state index in [0.29, 0.717) is 12.1 Å². The molecule has 3 N–H and O–H groups in total. The van der Waals surface area contributed by atoms with Crippen LogP contribution in [-0.2, 0) is 6.54 Å². The van der Waals surface area contributed by atoms with Gasteiger partial charge >= 0.3 is 0 Å². The van der Waals surface area contributed by atoms with Gasteiger partial charge in [0.2, 0.25) is 5.91 Å². The van der Waals surface area contributed by atoms with Gasteiger partial charge in [0.25, 0.3) is 0 Å². The molecule has 0 spiro atoms. The lowest BCUT2D eigenvalue weighted by Crippen LogP contribution is -2.45. The highest BCUT2D eigenvalue weighted by Crippen LogP contribution is 2.16. The van der Waals surface area contributed by atoms with Crippen LogP contribution in [0, 0.1) is 5.92 Å². The zero-order valence-electron chi connectivity index (χ0n) is 13.9. The fraction of sp³-hybridized carbons (Fsp3) is 0.529. The Morgan fingerprint density at radius 3 is 2.70 bits per heavy atom. The molecule has 23 heavy (non-hydrogen) atoms. The van der Waals surface area contributed by atoms with E-state index in [1.54, 1.807) is 6.07 Å². The van der Waals surface area contributed by atoms with E-state index >= 15 is 0 Å². The van der Waals surface area contributed by atoms with Crippen LogP contribution in [0.1, 0.15) is 42.6 Å². The van der Waals surface area contributed by atoms with Crippen molar-refractivity contribution in [3.05, 3.63) is 35.4 Å². The molecule has 1 aliphatic heterocycles. The third kappa shape index (κ3) is 6.01. The Hall–Kier alpha value is -1.31. The first-order valence-corrected chi connectivity index (χ1v) is 8.02. The molecule has 1 saturated heterocycles. The summed E-state index contributed by atoms with van der Waals surface area (Å²) in [7, 11) is 0. The topological polar surface area (TPSA) is 70.7 Å². The highest BCUT2D eigenvalue weighted by Gasteiger charge is 2.18. The van der Waals surface area contributed by atoms with Gasteiger partial charge in [-0.05, 0) is 43.4 Å². The van der Waals surface area contributed by atoms with E-state index in [2.05, 4.69) is 24.1 Å². The van der Waals surface area contributed by atoms with Crippen molar-refractivity contribution in [2.75, 3.05) is 19.6 Å². The van der Waals surface area contributed by atoms with Gasteiger partial charge in [0.1, 0.15) is 0 Å². The lowest BCUT2D eigenvalue weighted by atomic mass is 10.00. The van der Waals surface area contributed by atoms with E-state index in [9.17, 15) is 4.79 Å². The molecule has 1 aromatic carbocycles. The van der Waals surface area contributed by atoms with E-state index in [1.807, 2.05) is 18.2 Å². The molecule has 1 heterocycles. The summed E-state index contributed by atoms with van der Waals surface area (Å²) in [5.41, 5.74) is 6.85. The number of piperidine rings is 1. The maximum atomic E-state index is 11.2. The standard InChI is InChI=1S/C17H26N4O.HI/c1-3-19-17(21-9-7-13(2)8-10-21)20-12-14-5-4-6-15(11-14)16(18)22;/h4-6,11,13H,3,7-10,12H2,1-2H3,(H2,18,22)(H,19,20);1H. The normalized spacial score (nSPS) is 15.9. The van der Waals surface area contributed by atoms with Crippen LogP contribution in [0.2, 0.25) is 0 Å². The average molecular weight is 430 g/mol. The van der Waals surface area contributed by atoms with Gasteiger partial charge in [-0.1, -0.05) is 19.1 Å². The summed E-state index contributed by atoms with van der Waals surface area (Å²) in [6.07, 6.45) is 2.42. The first kappa shape index (κ1) is 19.7. The van der Waals surface area contributed by atoms with Crippen molar-refractivity contribution in [3.8, 4) is 0 Å². The average Bonchev–Trinajstić information content (AvgIpc) is 2.52. The number of nitrogens with two attached hydrogens (primary N) is 1. The SMILES string of the molecule is CCNC(=NCc1cccc(C(N)=O)c1)N1CCC(C)CC1.I. The lowest BCUT2D eigenvalue weighted by molar-refractivity contribution is 0.1000. The minimum absolute atomic E-state index is 0. The summed E-state index contributed by atoms with van der Waals surface area (Å²) in [5, 5.41) is 3.36. The van der Waals surface area contributed by atoms with Crippen LogP contribution in [0.3, 0.4) is 0 Å². The van der Waals surface area contributed by atoms with Crippen molar-refractivity contribution in [1.29, 1.82) is 0 Å². The number of amides is 1. The molecule has 0 atom stereocenters. The van der Waals surface area contributed by atoms with E-state index in [4.69, 9.17) is 10.7 Å². The number of halogens is 1. The van der Waals surface area contributed by atoms with Crippen molar-refractivity contribution < 1.29 is 4.79 Å². The largest absolute Gasteiger partial charge is 0.366 e. The molecule has 128 valence electrons. The number of aliphatic imine (C=N–C) groups is 1. The summed E-state index contributed by atoms with van der Waals surface area (Å²) < 4.78 is 0. The molecule has 1 fully saturated rings. The Morgan fingerprint density at radius 1 is 1.39 bits per heavy atom. The van der Waals surface area contributed by atoms with Crippen LogP contribution >= 0.6 is 24.0 Å². The smallest absolute Gasteiger partial charge is 0.248 e. The summed E-state index contributed by atoms with van der Waals surface area (Å²) in [4.78, 5) is 18.3. The molecule has 0 saturated carbocycles. The number of guanidine groups is 1. The summed E-state index contributed by atoms with van der Waals surface area (Å²) in [6.45, 7) is 7.89. The number of rotatable bonds is 4. The highest BCUT2D eigenvalue weighted by molar-refractivity contribution is 14.0. The molecule has 1 aliphatic rings. The fourth-order valence-electron chi connectivity index (χ4n) is 2.64. The minimum Gasteiger partial charge on any atom is -0.366 e. The second kappa shape index (κ2) is 9.75. The molecular weight excluding hydrogens is 403 g/mol. The third-order valence-corrected chi connectivity index (χ3v) is 4.04. The predicted molar refractivity (Wildman–Crippen MR) is 105 cm³/mol. The number of nitrogens with one attached hydrogen (secondary N) is 1. The first-order valence-electron chi connectivity index (χ1n) is 8.02. The van der Waals surface area contributed by atoms with E-state index in [1.165, 1.54) is 12.8 Å². The number of benzene rings is 1. The molecule has 6 heteroatoms. The molecule has 0 aromatic heterocycles. The van der Waals surface area contributed by atoms with Crippen LogP contribution in [0.4, 0.5) is 0 Å². The van der Waals surface area contributed by atoms with Gasteiger partial charge in [-0.25, -0.2) is 4.99 Å². The van der Waals surface area contributed by atoms with Gasteiger partial charge in [-0.3, -0.25) is 4.79 Å². The Kier molecular flexibility index (Phi) is 8.36. The zero-order valence-corrected chi connectivity index (χ0v) is 16.2. The molecule has 5 nitrogen and oxygen atoms in total. The van der Waals surface area contributed by atoms with Crippen LogP contribution < -0.4 is 11.1 Å². The van der Waals surface area contributed by atoms with Crippen molar-refractivity contribution >= 4 is 35.8 Å². The number of primary amides is 1. The number of carbonyl (C=O) groups is 1. The summed E-state index contributed by atoms with van der Waals surface area (Å²) in [6, 6.07) is 7.36. The van der Waals surface area contributed by atoms with Crippen molar-refractivity contribution in [1.82, 2.24) is 10.2 Å². The quantitative estimate of drug-likeness (QED) is 0.438.